The Morgan fingerprint density at radius 3 is 2.65 bits per heavy atom. The lowest BCUT2D eigenvalue weighted by Crippen LogP contribution is -2.34. The lowest BCUT2D eigenvalue weighted by Gasteiger charge is -2.21. The third-order valence-corrected chi connectivity index (χ3v) is 4.31. The molecule has 1 rings (SSSR count). The van der Waals surface area contributed by atoms with Gasteiger partial charge in [0.15, 0.2) is 0 Å². The number of aryl methyl sites for hydroxylation is 2. The minimum Gasteiger partial charge on any atom is -0.359 e. The lowest BCUT2D eigenvalue weighted by atomic mass is 10.1. The lowest BCUT2D eigenvalue weighted by molar-refractivity contribution is -0.124. The van der Waals surface area contributed by atoms with Gasteiger partial charge < -0.3 is 5.32 Å². The van der Waals surface area contributed by atoms with E-state index in [1.807, 2.05) is 18.7 Å². The van der Waals surface area contributed by atoms with Gasteiger partial charge in [0, 0.05) is 32.6 Å². The first-order chi connectivity index (χ1) is 9.44. The van der Waals surface area contributed by atoms with Gasteiger partial charge in [-0.1, -0.05) is 13.8 Å². The molecule has 0 fully saturated rings. The molecule has 1 heterocycles. The maximum Gasteiger partial charge on any atom is 0.223 e. The van der Waals surface area contributed by atoms with Crippen molar-refractivity contribution < 1.29 is 4.79 Å². The van der Waals surface area contributed by atoms with Crippen LogP contribution in [-0.4, -0.2) is 41.2 Å². The summed E-state index contributed by atoms with van der Waals surface area (Å²) in [5, 5.41) is 7.28. The predicted molar refractivity (Wildman–Crippen MR) is 84.5 cm³/mol. The van der Waals surface area contributed by atoms with E-state index >= 15 is 0 Å². The number of hydrogen-bond donors (Lipinski definition) is 1. The van der Waals surface area contributed by atoms with E-state index in [0.717, 1.165) is 36.2 Å². The number of nitrogens with zero attached hydrogens (tertiary/aromatic N) is 3. The standard InChI is InChI=1S/C14H25BrN4O/c1-6-11-13(15)12(19(7-2)17-11)9-18(5)8-10(3)14(20)16-4/h10H,6-9H2,1-5H3,(H,16,20). The number of amides is 1. The Balaban J connectivity index is 2.77. The Morgan fingerprint density at radius 2 is 2.15 bits per heavy atom. The highest BCUT2D eigenvalue weighted by Gasteiger charge is 2.18. The van der Waals surface area contributed by atoms with Crippen molar-refractivity contribution in [3.63, 3.8) is 0 Å². The number of aromatic nitrogens is 2. The minimum absolute atomic E-state index is 0.0209. The van der Waals surface area contributed by atoms with Gasteiger partial charge >= 0.3 is 0 Å². The number of rotatable bonds is 7. The summed E-state index contributed by atoms with van der Waals surface area (Å²) >= 11 is 3.65. The average Bonchev–Trinajstić information content (AvgIpc) is 2.74. The van der Waals surface area contributed by atoms with Crippen molar-refractivity contribution >= 4 is 21.8 Å². The molecular weight excluding hydrogens is 320 g/mol. The SMILES string of the molecule is CCc1nn(CC)c(CN(C)CC(C)C(=O)NC)c1Br. The van der Waals surface area contributed by atoms with Crippen LogP contribution in [0.1, 0.15) is 32.2 Å². The van der Waals surface area contributed by atoms with Crippen LogP contribution in [0, 0.1) is 5.92 Å². The first kappa shape index (κ1) is 17.2. The van der Waals surface area contributed by atoms with Crippen LogP contribution in [0.5, 0.6) is 0 Å². The van der Waals surface area contributed by atoms with E-state index < -0.39 is 0 Å². The van der Waals surface area contributed by atoms with Crippen LogP contribution in [0.15, 0.2) is 4.47 Å². The van der Waals surface area contributed by atoms with Crippen LogP contribution >= 0.6 is 15.9 Å². The van der Waals surface area contributed by atoms with E-state index in [-0.39, 0.29) is 11.8 Å². The monoisotopic (exact) mass is 344 g/mol. The zero-order chi connectivity index (χ0) is 15.3. The van der Waals surface area contributed by atoms with Gasteiger partial charge in [0.2, 0.25) is 5.91 Å². The van der Waals surface area contributed by atoms with Crippen LogP contribution in [0.25, 0.3) is 0 Å². The number of hydrogen-bond acceptors (Lipinski definition) is 3. The topological polar surface area (TPSA) is 50.2 Å². The van der Waals surface area contributed by atoms with Crippen LogP contribution in [0.3, 0.4) is 0 Å². The summed E-state index contributed by atoms with van der Waals surface area (Å²) in [6, 6.07) is 0. The molecule has 0 aromatic carbocycles. The third-order valence-electron chi connectivity index (χ3n) is 3.39. The first-order valence-electron chi connectivity index (χ1n) is 7.08. The number of nitrogens with one attached hydrogen (secondary N) is 1. The maximum atomic E-state index is 11.6. The van der Waals surface area contributed by atoms with Crippen LogP contribution in [0.4, 0.5) is 0 Å². The zero-order valence-electron chi connectivity index (χ0n) is 13.0. The molecule has 0 aliphatic rings. The molecule has 0 aliphatic carbocycles. The molecular formula is C14H25BrN4O. The highest BCUT2D eigenvalue weighted by Crippen LogP contribution is 2.23. The van der Waals surface area contributed by atoms with E-state index in [2.05, 4.69) is 45.1 Å². The highest BCUT2D eigenvalue weighted by atomic mass is 79.9. The predicted octanol–water partition coefficient (Wildman–Crippen LogP) is 2.04. The van der Waals surface area contributed by atoms with Crippen molar-refractivity contribution in [2.24, 2.45) is 5.92 Å². The normalized spacial score (nSPS) is 12.8. The van der Waals surface area contributed by atoms with Crippen molar-refractivity contribution in [2.75, 3.05) is 20.6 Å². The van der Waals surface area contributed by atoms with E-state index in [1.54, 1.807) is 7.05 Å². The van der Waals surface area contributed by atoms with Gasteiger partial charge in [0.1, 0.15) is 0 Å². The summed E-state index contributed by atoms with van der Waals surface area (Å²) < 4.78 is 3.13. The average molecular weight is 345 g/mol. The van der Waals surface area contributed by atoms with Crippen molar-refractivity contribution in [2.45, 2.75) is 40.3 Å². The molecule has 5 nitrogen and oxygen atoms in total. The fraction of sp³-hybridized carbons (Fsp3) is 0.714. The summed E-state index contributed by atoms with van der Waals surface area (Å²) in [5.74, 6) is 0.0570. The Bertz CT molecular complexity index is 458. The molecule has 0 saturated heterocycles. The van der Waals surface area contributed by atoms with Crippen molar-refractivity contribution in [1.29, 1.82) is 0 Å². The van der Waals surface area contributed by atoms with Gasteiger partial charge in [-0.3, -0.25) is 14.4 Å². The van der Waals surface area contributed by atoms with Crippen LogP contribution < -0.4 is 5.32 Å². The molecule has 0 radical (unpaired) electrons. The molecule has 1 N–H and O–H groups in total. The zero-order valence-corrected chi connectivity index (χ0v) is 14.6. The van der Waals surface area contributed by atoms with E-state index in [4.69, 9.17) is 0 Å². The van der Waals surface area contributed by atoms with Crippen LogP contribution in [0.2, 0.25) is 0 Å². The second kappa shape index (κ2) is 7.78. The summed E-state index contributed by atoms with van der Waals surface area (Å²) in [7, 11) is 3.71. The second-order valence-corrected chi connectivity index (χ2v) is 5.88. The van der Waals surface area contributed by atoms with Gasteiger partial charge in [-0.15, -0.1) is 0 Å². The largest absolute Gasteiger partial charge is 0.359 e. The molecule has 1 aromatic rings. The Kier molecular flexibility index (Phi) is 6.68. The van der Waals surface area contributed by atoms with Crippen molar-refractivity contribution in [3.8, 4) is 0 Å². The molecule has 0 aliphatic heterocycles. The van der Waals surface area contributed by atoms with E-state index in [0.29, 0.717) is 0 Å². The fourth-order valence-corrected chi connectivity index (χ4v) is 2.98. The fourth-order valence-electron chi connectivity index (χ4n) is 2.29. The molecule has 114 valence electrons. The van der Waals surface area contributed by atoms with Crippen molar-refractivity contribution in [1.82, 2.24) is 20.0 Å². The molecule has 1 aromatic heterocycles. The van der Waals surface area contributed by atoms with Gasteiger partial charge in [-0.2, -0.15) is 5.10 Å². The molecule has 0 bridgehead atoms. The molecule has 20 heavy (non-hydrogen) atoms. The van der Waals surface area contributed by atoms with Gasteiger partial charge in [0.05, 0.1) is 15.9 Å². The molecule has 0 spiro atoms. The smallest absolute Gasteiger partial charge is 0.223 e. The molecule has 1 unspecified atom stereocenters. The highest BCUT2D eigenvalue weighted by molar-refractivity contribution is 9.10. The van der Waals surface area contributed by atoms with Gasteiger partial charge in [-0.25, -0.2) is 0 Å². The maximum absolute atomic E-state index is 11.6. The second-order valence-electron chi connectivity index (χ2n) is 5.09. The summed E-state index contributed by atoms with van der Waals surface area (Å²) in [5.41, 5.74) is 2.27. The number of halogens is 1. The molecule has 6 heteroatoms. The number of carbonyl (C=O) groups excluding carboxylic acids is 1. The van der Waals surface area contributed by atoms with Gasteiger partial charge in [0.25, 0.3) is 0 Å². The minimum atomic E-state index is -0.0209. The molecule has 1 amide bonds. The Morgan fingerprint density at radius 1 is 1.50 bits per heavy atom. The molecule has 0 saturated carbocycles. The Hall–Kier alpha value is -0.880. The first-order valence-corrected chi connectivity index (χ1v) is 7.87. The van der Waals surface area contributed by atoms with Gasteiger partial charge in [-0.05, 0) is 36.3 Å². The third kappa shape index (κ3) is 4.06. The van der Waals surface area contributed by atoms with E-state index in [1.165, 1.54) is 5.69 Å². The molecule has 1 atom stereocenters. The summed E-state index contributed by atoms with van der Waals surface area (Å²) in [4.78, 5) is 13.7. The Labute approximate surface area is 129 Å². The summed E-state index contributed by atoms with van der Waals surface area (Å²) in [6.07, 6.45) is 0.916. The van der Waals surface area contributed by atoms with Crippen LogP contribution in [-0.2, 0) is 24.3 Å². The number of carbonyl (C=O) groups is 1. The summed E-state index contributed by atoms with van der Waals surface area (Å²) in [6.45, 7) is 8.50. The van der Waals surface area contributed by atoms with Crippen molar-refractivity contribution in [3.05, 3.63) is 15.9 Å². The van der Waals surface area contributed by atoms with E-state index in [9.17, 15) is 4.79 Å². The quantitative estimate of drug-likeness (QED) is 0.823.